The second kappa shape index (κ2) is 8.67. The van der Waals surface area contributed by atoms with E-state index in [0.29, 0.717) is 43.0 Å². The number of benzene rings is 1. The summed E-state index contributed by atoms with van der Waals surface area (Å²) < 4.78 is 29.9. The molecule has 34 heavy (non-hydrogen) atoms. The number of imidazole rings is 1. The van der Waals surface area contributed by atoms with Gasteiger partial charge in [0.15, 0.2) is 11.9 Å². The Morgan fingerprint density at radius 1 is 1.29 bits per heavy atom. The van der Waals surface area contributed by atoms with Crippen molar-refractivity contribution in [3.8, 4) is 28.3 Å². The second-order valence-electron chi connectivity index (χ2n) is 7.91. The molecule has 174 valence electrons. The van der Waals surface area contributed by atoms with Crippen LogP contribution in [-0.2, 0) is 11.8 Å². The Balaban J connectivity index is 1.70. The lowest BCUT2D eigenvalue weighted by Crippen LogP contribution is -2.19. The van der Waals surface area contributed by atoms with Gasteiger partial charge < -0.3 is 14.8 Å². The summed E-state index contributed by atoms with van der Waals surface area (Å²) in [7, 11) is 3.26. The van der Waals surface area contributed by atoms with Gasteiger partial charge in [-0.25, -0.2) is 13.9 Å². The number of ether oxygens (including phenoxy) is 2. The molecular formula is C23H21FN6O4. The number of fused-ring (bicyclic) bond motifs is 1. The number of aromatic nitrogens is 5. The summed E-state index contributed by atoms with van der Waals surface area (Å²) in [5.74, 6) is -0.904. The van der Waals surface area contributed by atoms with Crippen LogP contribution in [0, 0.1) is 5.82 Å². The molecule has 10 nitrogen and oxygen atoms in total. The first-order valence-electron chi connectivity index (χ1n) is 10.6. The maximum Gasteiger partial charge on any atom is 0.251 e. The van der Waals surface area contributed by atoms with Crippen molar-refractivity contribution in [1.29, 1.82) is 0 Å². The summed E-state index contributed by atoms with van der Waals surface area (Å²) in [6, 6.07) is 4.35. The Morgan fingerprint density at radius 3 is 2.82 bits per heavy atom. The Morgan fingerprint density at radius 2 is 2.15 bits per heavy atom. The minimum atomic E-state index is -0.769. The number of nitrogens with one attached hydrogen (secondary N) is 1. The van der Waals surface area contributed by atoms with E-state index in [9.17, 15) is 9.59 Å². The highest BCUT2D eigenvalue weighted by Gasteiger charge is 2.24. The number of nitrogens with zero attached hydrogens (tertiary/aromatic N) is 5. The van der Waals surface area contributed by atoms with Crippen LogP contribution >= 0.6 is 0 Å². The third-order valence-electron chi connectivity index (χ3n) is 5.63. The van der Waals surface area contributed by atoms with Gasteiger partial charge in [0.05, 0.1) is 42.4 Å². The van der Waals surface area contributed by atoms with Crippen molar-refractivity contribution in [2.45, 2.75) is 12.5 Å². The molecule has 0 aliphatic carbocycles. The molecule has 1 aliphatic rings. The first-order valence-corrected chi connectivity index (χ1v) is 10.6. The molecule has 1 aromatic carbocycles. The lowest BCUT2D eigenvalue weighted by Gasteiger charge is -2.15. The van der Waals surface area contributed by atoms with Crippen molar-refractivity contribution >= 4 is 17.8 Å². The molecule has 0 radical (unpaired) electrons. The zero-order valence-corrected chi connectivity index (χ0v) is 18.5. The van der Waals surface area contributed by atoms with Crippen molar-refractivity contribution in [1.82, 2.24) is 29.7 Å². The monoisotopic (exact) mass is 464 g/mol. The van der Waals surface area contributed by atoms with Crippen LogP contribution < -0.4 is 10.1 Å². The number of aldehydes is 1. The van der Waals surface area contributed by atoms with Crippen molar-refractivity contribution < 1.29 is 23.5 Å². The fourth-order valence-corrected chi connectivity index (χ4v) is 3.90. The van der Waals surface area contributed by atoms with Crippen molar-refractivity contribution in [2.75, 3.05) is 20.3 Å². The van der Waals surface area contributed by atoms with Crippen LogP contribution in [0.2, 0.25) is 0 Å². The molecule has 11 heteroatoms. The number of hydrogen-bond acceptors (Lipinski definition) is 7. The van der Waals surface area contributed by atoms with E-state index >= 15 is 4.39 Å². The Hall–Kier alpha value is -4.12. The molecule has 1 saturated heterocycles. The average molecular weight is 464 g/mol. The number of hydrogen-bond donors (Lipinski definition) is 1. The molecule has 1 atom stereocenters. The number of amides is 1. The van der Waals surface area contributed by atoms with Crippen LogP contribution in [0.25, 0.3) is 28.0 Å². The van der Waals surface area contributed by atoms with E-state index in [4.69, 9.17) is 9.47 Å². The van der Waals surface area contributed by atoms with Crippen molar-refractivity contribution in [2.24, 2.45) is 7.05 Å². The van der Waals surface area contributed by atoms with Gasteiger partial charge in [-0.1, -0.05) is 0 Å². The molecule has 1 unspecified atom stereocenters. The van der Waals surface area contributed by atoms with Crippen molar-refractivity contribution in [3.63, 3.8) is 0 Å². The van der Waals surface area contributed by atoms with Gasteiger partial charge in [0.25, 0.3) is 5.91 Å². The predicted octanol–water partition coefficient (Wildman–Crippen LogP) is 2.28. The minimum absolute atomic E-state index is 0.0208. The second-order valence-corrected chi connectivity index (χ2v) is 7.91. The molecule has 1 fully saturated rings. The van der Waals surface area contributed by atoms with E-state index in [2.05, 4.69) is 20.5 Å². The fourth-order valence-electron chi connectivity index (χ4n) is 3.90. The van der Waals surface area contributed by atoms with Crippen LogP contribution in [0.15, 0.2) is 36.8 Å². The molecule has 1 amide bonds. The van der Waals surface area contributed by atoms with Crippen LogP contribution in [-0.4, -0.2) is 62.9 Å². The molecule has 0 saturated carbocycles. The molecule has 0 spiro atoms. The van der Waals surface area contributed by atoms with E-state index in [1.165, 1.54) is 29.9 Å². The highest BCUT2D eigenvalue weighted by molar-refractivity contribution is 5.97. The zero-order valence-electron chi connectivity index (χ0n) is 18.5. The topological polar surface area (TPSA) is 113 Å². The molecule has 1 aliphatic heterocycles. The summed E-state index contributed by atoms with van der Waals surface area (Å²) in [6.07, 6.45) is 5.88. The summed E-state index contributed by atoms with van der Waals surface area (Å²) >= 11 is 0. The number of halogens is 1. The van der Waals surface area contributed by atoms with E-state index < -0.39 is 11.7 Å². The number of aryl methyl sites for hydroxylation is 1. The van der Waals surface area contributed by atoms with Gasteiger partial charge in [-0.15, -0.1) is 5.10 Å². The van der Waals surface area contributed by atoms with Gasteiger partial charge in [0.2, 0.25) is 5.88 Å². The van der Waals surface area contributed by atoms with Crippen LogP contribution in [0.4, 0.5) is 4.39 Å². The maximum absolute atomic E-state index is 15.2. The fraction of sp³-hybridized carbons (Fsp3) is 0.261. The highest BCUT2D eigenvalue weighted by Crippen LogP contribution is 2.33. The summed E-state index contributed by atoms with van der Waals surface area (Å²) in [5.41, 5.74) is 2.09. The van der Waals surface area contributed by atoms with Gasteiger partial charge in [-0.05, 0) is 18.2 Å². The summed E-state index contributed by atoms with van der Waals surface area (Å²) in [6.45, 7) is 1.03. The van der Waals surface area contributed by atoms with Crippen LogP contribution in [0.1, 0.15) is 27.1 Å². The molecule has 3 aromatic heterocycles. The largest absolute Gasteiger partial charge is 0.470 e. The zero-order chi connectivity index (χ0) is 23.8. The first kappa shape index (κ1) is 21.7. The normalized spacial score (nSPS) is 15.6. The van der Waals surface area contributed by atoms with Gasteiger partial charge >= 0.3 is 0 Å². The Labute approximate surface area is 193 Å². The van der Waals surface area contributed by atoms with Gasteiger partial charge in [0, 0.05) is 43.4 Å². The van der Waals surface area contributed by atoms with E-state index in [0.717, 1.165) is 5.56 Å². The predicted molar refractivity (Wildman–Crippen MR) is 119 cm³/mol. The Bertz CT molecular complexity index is 1410. The standard InChI is InChI=1S/C23H21FN6O4/c1-25-22(32)13-5-14(11-31)21(24)18(6-13)19-9-26-20-7-17(15-8-27-29(2)10-15)23(28-30(19)20)34-16-3-4-33-12-16/h5-11,16H,3-4,12H2,1-2H3,(H,25,32). The van der Waals surface area contributed by atoms with E-state index in [1.807, 2.05) is 6.20 Å². The Kier molecular flexibility index (Phi) is 5.54. The molecule has 1 N–H and O–H groups in total. The lowest BCUT2D eigenvalue weighted by molar-refractivity contribution is 0.0963. The smallest absolute Gasteiger partial charge is 0.251 e. The maximum atomic E-state index is 15.2. The molecule has 0 bridgehead atoms. The van der Waals surface area contributed by atoms with E-state index in [-0.39, 0.29) is 28.5 Å². The SMILES string of the molecule is CNC(=O)c1cc(C=O)c(F)c(-c2cnc3cc(-c4cnn(C)c4)c(OC4CCOC4)nn23)c1. The van der Waals surface area contributed by atoms with Gasteiger partial charge in [-0.2, -0.15) is 5.10 Å². The average Bonchev–Trinajstić information content (AvgIpc) is 3.60. The molecule has 4 aromatic rings. The number of carbonyl (C=O) groups is 2. The number of carbonyl (C=O) groups excluding carboxylic acids is 2. The van der Waals surface area contributed by atoms with Crippen LogP contribution in [0.5, 0.6) is 5.88 Å². The molecule has 4 heterocycles. The van der Waals surface area contributed by atoms with Gasteiger partial charge in [-0.3, -0.25) is 14.3 Å². The highest BCUT2D eigenvalue weighted by atomic mass is 19.1. The molecular weight excluding hydrogens is 443 g/mol. The van der Waals surface area contributed by atoms with Crippen molar-refractivity contribution in [3.05, 3.63) is 53.7 Å². The third-order valence-corrected chi connectivity index (χ3v) is 5.63. The minimum Gasteiger partial charge on any atom is -0.470 e. The third kappa shape index (κ3) is 3.79. The quantitative estimate of drug-likeness (QED) is 0.436. The number of rotatable bonds is 6. The summed E-state index contributed by atoms with van der Waals surface area (Å²) in [5, 5.41) is 11.3. The van der Waals surface area contributed by atoms with Crippen LogP contribution in [0.3, 0.4) is 0 Å². The summed E-state index contributed by atoms with van der Waals surface area (Å²) in [4.78, 5) is 28.1. The van der Waals surface area contributed by atoms with Gasteiger partial charge in [0.1, 0.15) is 11.9 Å². The lowest BCUT2D eigenvalue weighted by atomic mass is 10.0. The van der Waals surface area contributed by atoms with E-state index in [1.54, 1.807) is 24.0 Å². The first-order chi connectivity index (χ1) is 16.5. The molecule has 5 rings (SSSR count).